The fourth-order valence-corrected chi connectivity index (χ4v) is 1.92. The molecule has 0 bridgehead atoms. The van der Waals surface area contributed by atoms with E-state index in [1.165, 1.54) is 11.3 Å². The Balaban J connectivity index is 2.64. The average molecular weight is 259 g/mol. The standard InChI is InChI=1S/C9H13N3O4S/c1-6-10-11-9(17-6)12(4-2-7(13)14)5-3-8(15)16/h2-5H2,1H3,(H,13,14)(H,15,16). The summed E-state index contributed by atoms with van der Waals surface area (Å²) in [6.45, 7) is 2.25. The normalized spacial score (nSPS) is 10.2. The van der Waals surface area contributed by atoms with Gasteiger partial charge in [0.2, 0.25) is 5.13 Å². The number of carboxylic acid groups (broad SMARTS) is 2. The average Bonchev–Trinajstić information content (AvgIpc) is 2.64. The number of aryl methyl sites for hydroxylation is 1. The van der Waals surface area contributed by atoms with E-state index in [2.05, 4.69) is 10.2 Å². The number of rotatable bonds is 7. The summed E-state index contributed by atoms with van der Waals surface area (Å²) in [5.41, 5.74) is 0. The highest BCUT2D eigenvalue weighted by Gasteiger charge is 2.14. The van der Waals surface area contributed by atoms with Crippen LogP contribution in [0.5, 0.6) is 0 Å². The molecule has 0 saturated heterocycles. The van der Waals surface area contributed by atoms with Gasteiger partial charge in [-0.25, -0.2) is 0 Å². The monoisotopic (exact) mass is 259 g/mol. The van der Waals surface area contributed by atoms with Crippen LogP contribution in [0, 0.1) is 6.92 Å². The van der Waals surface area contributed by atoms with Crippen molar-refractivity contribution in [2.45, 2.75) is 19.8 Å². The Morgan fingerprint density at radius 2 is 1.71 bits per heavy atom. The Bertz CT molecular complexity index is 389. The smallest absolute Gasteiger partial charge is 0.305 e. The number of carbonyl (C=O) groups is 2. The molecule has 1 rings (SSSR count). The van der Waals surface area contributed by atoms with E-state index in [9.17, 15) is 9.59 Å². The highest BCUT2D eigenvalue weighted by molar-refractivity contribution is 7.15. The van der Waals surface area contributed by atoms with E-state index in [1.807, 2.05) is 0 Å². The summed E-state index contributed by atoms with van der Waals surface area (Å²) in [6.07, 6.45) is -0.115. The van der Waals surface area contributed by atoms with Crippen molar-refractivity contribution in [3.05, 3.63) is 5.01 Å². The highest BCUT2D eigenvalue weighted by atomic mass is 32.1. The molecular formula is C9H13N3O4S. The molecule has 1 heterocycles. The Kier molecular flexibility index (Phi) is 4.83. The zero-order valence-electron chi connectivity index (χ0n) is 9.29. The van der Waals surface area contributed by atoms with Crippen LogP contribution in [-0.4, -0.2) is 45.4 Å². The van der Waals surface area contributed by atoms with E-state index < -0.39 is 11.9 Å². The molecule has 0 amide bonds. The Hall–Kier alpha value is -1.70. The molecule has 17 heavy (non-hydrogen) atoms. The zero-order valence-corrected chi connectivity index (χ0v) is 10.1. The van der Waals surface area contributed by atoms with E-state index in [1.54, 1.807) is 11.8 Å². The third kappa shape index (κ3) is 4.77. The predicted octanol–water partition coefficient (Wildman–Crippen LogP) is 0.602. The largest absolute Gasteiger partial charge is 0.481 e. The SMILES string of the molecule is Cc1nnc(N(CCC(=O)O)CCC(=O)O)s1. The second-order valence-electron chi connectivity index (χ2n) is 3.38. The minimum atomic E-state index is -0.924. The minimum Gasteiger partial charge on any atom is -0.481 e. The summed E-state index contributed by atoms with van der Waals surface area (Å²) in [5, 5.41) is 26.3. The van der Waals surface area contributed by atoms with Gasteiger partial charge in [0, 0.05) is 13.1 Å². The van der Waals surface area contributed by atoms with Crippen molar-refractivity contribution >= 4 is 28.4 Å². The Morgan fingerprint density at radius 1 is 1.18 bits per heavy atom. The van der Waals surface area contributed by atoms with Crippen LogP contribution < -0.4 is 4.90 Å². The lowest BCUT2D eigenvalue weighted by molar-refractivity contribution is -0.137. The van der Waals surface area contributed by atoms with E-state index >= 15 is 0 Å². The van der Waals surface area contributed by atoms with Gasteiger partial charge in [0.25, 0.3) is 0 Å². The number of anilines is 1. The summed E-state index contributed by atoms with van der Waals surface area (Å²) in [4.78, 5) is 22.6. The highest BCUT2D eigenvalue weighted by Crippen LogP contribution is 2.19. The third-order valence-corrected chi connectivity index (χ3v) is 2.88. The Morgan fingerprint density at radius 3 is 2.06 bits per heavy atom. The number of aliphatic carboxylic acids is 2. The van der Waals surface area contributed by atoms with Crippen LogP contribution in [0.2, 0.25) is 0 Å². The van der Waals surface area contributed by atoms with Gasteiger partial charge in [-0.05, 0) is 6.92 Å². The van der Waals surface area contributed by atoms with Gasteiger partial charge in [-0.15, -0.1) is 10.2 Å². The quantitative estimate of drug-likeness (QED) is 0.739. The van der Waals surface area contributed by atoms with Gasteiger partial charge in [0.1, 0.15) is 5.01 Å². The van der Waals surface area contributed by atoms with Crippen molar-refractivity contribution in [3.8, 4) is 0 Å². The first-order valence-electron chi connectivity index (χ1n) is 4.97. The molecule has 8 heteroatoms. The molecule has 0 radical (unpaired) electrons. The lowest BCUT2D eigenvalue weighted by Gasteiger charge is -2.19. The summed E-state index contributed by atoms with van der Waals surface area (Å²) < 4.78 is 0. The second kappa shape index (κ2) is 6.14. The molecule has 0 unspecified atom stereocenters. The molecule has 1 aromatic rings. The number of nitrogens with zero attached hydrogens (tertiary/aromatic N) is 3. The summed E-state index contributed by atoms with van der Waals surface area (Å²) in [6, 6.07) is 0. The molecule has 0 saturated carbocycles. The first-order valence-corrected chi connectivity index (χ1v) is 5.79. The molecule has 94 valence electrons. The van der Waals surface area contributed by atoms with Crippen molar-refractivity contribution in [1.82, 2.24) is 10.2 Å². The molecule has 0 aliphatic rings. The summed E-state index contributed by atoms with van der Waals surface area (Å²) in [7, 11) is 0. The van der Waals surface area contributed by atoms with Crippen LogP contribution in [0.1, 0.15) is 17.8 Å². The van der Waals surface area contributed by atoms with Crippen LogP contribution in [-0.2, 0) is 9.59 Å². The molecule has 0 atom stereocenters. The van der Waals surface area contributed by atoms with Gasteiger partial charge >= 0.3 is 11.9 Å². The predicted molar refractivity (Wildman–Crippen MR) is 61.4 cm³/mol. The molecule has 0 aliphatic heterocycles. The van der Waals surface area contributed by atoms with E-state index in [4.69, 9.17) is 10.2 Å². The maximum atomic E-state index is 10.5. The van der Waals surface area contributed by atoms with Crippen molar-refractivity contribution in [3.63, 3.8) is 0 Å². The number of hydrogen-bond donors (Lipinski definition) is 2. The fraction of sp³-hybridized carbons (Fsp3) is 0.556. The molecule has 0 spiro atoms. The van der Waals surface area contributed by atoms with Crippen molar-refractivity contribution in [2.75, 3.05) is 18.0 Å². The molecule has 1 aromatic heterocycles. The molecule has 0 aliphatic carbocycles. The molecule has 2 N–H and O–H groups in total. The van der Waals surface area contributed by atoms with E-state index in [0.29, 0.717) is 5.13 Å². The number of hydrogen-bond acceptors (Lipinski definition) is 6. The molecule has 0 fully saturated rings. The van der Waals surface area contributed by atoms with Crippen LogP contribution in [0.4, 0.5) is 5.13 Å². The van der Waals surface area contributed by atoms with Crippen molar-refractivity contribution < 1.29 is 19.8 Å². The Labute approximate surface area is 102 Å². The lowest BCUT2D eigenvalue weighted by Crippen LogP contribution is -2.28. The molecule has 7 nitrogen and oxygen atoms in total. The second-order valence-corrected chi connectivity index (χ2v) is 4.54. The minimum absolute atomic E-state index is 0.0573. The number of carboxylic acids is 2. The maximum Gasteiger partial charge on any atom is 0.305 e. The van der Waals surface area contributed by atoms with Crippen LogP contribution >= 0.6 is 11.3 Å². The first-order chi connectivity index (χ1) is 7.99. The van der Waals surface area contributed by atoms with Crippen LogP contribution in [0.25, 0.3) is 0 Å². The van der Waals surface area contributed by atoms with Gasteiger partial charge in [-0.1, -0.05) is 11.3 Å². The van der Waals surface area contributed by atoms with Gasteiger partial charge < -0.3 is 15.1 Å². The van der Waals surface area contributed by atoms with Crippen LogP contribution in [0.3, 0.4) is 0 Å². The topological polar surface area (TPSA) is 104 Å². The van der Waals surface area contributed by atoms with Crippen molar-refractivity contribution in [1.29, 1.82) is 0 Å². The zero-order chi connectivity index (χ0) is 12.8. The maximum absolute atomic E-state index is 10.5. The third-order valence-electron chi connectivity index (χ3n) is 1.98. The van der Waals surface area contributed by atoms with E-state index in [-0.39, 0.29) is 25.9 Å². The van der Waals surface area contributed by atoms with Gasteiger partial charge in [-0.2, -0.15) is 0 Å². The first kappa shape index (κ1) is 13.4. The fourth-order valence-electron chi connectivity index (χ4n) is 1.18. The van der Waals surface area contributed by atoms with Crippen LogP contribution in [0.15, 0.2) is 0 Å². The number of aromatic nitrogens is 2. The van der Waals surface area contributed by atoms with E-state index in [0.717, 1.165) is 5.01 Å². The molecular weight excluding hydrogens is 246 g/mol. The van der Waals surface area contributed by atoms with Gasteiger partial charge in [0.05, 0.1) is 12.8 Å². The summed E-state index contributed by atoms with van der Waals surface area (Å²) in [5.74, 6) is -1.85. The summed E-state index contributed by atoms with van der Waals surface area (Å²) >= 11 is 1.32. The van der Waals surface area contributed by atoms with Crippen molar-refractivity contribution in [2.24, 2.45) is 0 Å². The lowest BCUT2D eigenvalue weighted by atomic mass is 10.3. The molecule has 0 aromatic carbocycles. The van der Waals surface area contributed by atoms with Gasteiger partial charge in [-0.3, -0.25) is 9.59 Å². The van der Waals surface area contributed by atoms with Gasteiger partial charge in [0.15, 0.2) is 0 Å².